The molecule has 2 aliphatic heterocycles. The maximum atomic E-state index is 13.9. The van der Waals surface area contributed by atoms with E-state index in [4.69, 9.17) is 20.8 Å². The first-order chi connectivity index (χ1) is 14.4. The predicted octanol–water partition coefficient (Wildman–Crippen LogP) is 4.29. The van der Waals surface area contributed by atoms with E-state index in [-0.39, 0.29) is 31.7 Å². The van der Waals surface area contributed by atoms with Crippen molar-refractivity contribution in [3.8, 4) is 0 Å². The van der Waals surface area contributed by atoms with E-state index >= 15 is 0 Å². The second-order valence-electron chi connectivity index (χ2n) is 8.38. The molecule has 0 radical (unpaired) electrons. The fraction of sp³-hybridized carbons (Fsp3) is 0.600. The summed E-state index contributed by atoms with van der Waals surface area (Å²) in [4.78, 5) is 16.8. The number of carbonyl (C=O) groups excluding carboxylic acids is 1. The molecule has 3 aliphatic rings. The molecule has 1 aromatic heterocycles. The van der Waals surface area contributed by atoms with Crippen LogP contribution in [0.15, 0.2) is 10.5 Å². The van der Waals surface area contributed by atoms with Crippen LogP contribution in [0, 0.1) is 0 Å². The van der Waals surface area contributed by atoms with Crippen LogP contribution in [0.1, 0.15) is 50.0 Å². The summed E-state index contributed by atoms with van der Waals surface area (Å²) in [6.45, 7) is 1.85. The lowest BCUT2D eigenvalue weighted by atomic mass is 9.73. The summed E-state index contributed by atoms with van der Waals surface area (Å²) in [5.74, 6) is -2.26. The van der Waals surface area contributed by atoms with Gasteiger partial charge < -0.3 is 25.1 Å². The van der Waals surface area contributed by atoms with Gasteiger partial charge in [0.2, 0.25) is 11.8 Å². The first-order valence-electron chi connectivity index (χ1n) is 10.3. The minimum Gasteiger partial charge on any atom is -0.439 e. The van der Waals surface area contributed by atoms with Crippen molar-refractivity contribution in [3.05, 3.63) is 22.5 Å². The molecule has 1 atom stereocenters. The molecule has 2 fully saturated rings. The lowest BCUT2D eigenvalue weighted by molar-refractivity contribution is -0.0552. The smallest absolute Gasteiger partial charge is 0.319 e. The minimum atomic E-state index is -2.74. The van der Waals surface area contributed by atoms with Crippen molar-refractivity contribution in [2.24, 2.45) is 0 Å². The zero-order valence-corrected chi connectivity index (χ0v) is 17.1. The Morgan fingerprint density at radius 2 is 2.10 bits per heavy atom. The van der Waals surface area contributed by atoms with E-state index in [1.807, 2.05) is 0 Å². The van der Waals surface area contributed by atoms with Gasteiger partial charge >= 0.3 is 6.03 Å². The molecule has 1 saturated heterocycles. The number of benzene rings is 1. The number of alkyl halides is 2. The predicted molar refractivity (Wildman–Crippen MR) is 107 cm³/mol. The van der Waals surface area contributed by atoms with E-state index in [1.54, 1.807) is 6.07 Å². The highest BCUT2D eigenvalue weighted by Crippen LogP contribution is 2.51. The molecular weight excluding hydrogens is 418 g/mol. The third-order valence-electron chi connectivity index (χ3n) is 6.28. The molecule has 2 amide bonds. The molecule has 3 heterocycles. The van der Waals surface area contributed by atoms with Gasteiger partial charge in [-0.3, -0.25) is 0 Å². The van der Waals surface area contributed by atoms with Crippen molar-refractivity contribution in [1.29, 1.82) is 0 Å². The zero-order chi connectivity index (χ0) is 20.9. The Balaban J connectivity index is 1.52. The number of hydrogen-bond acceptors (Lipinski definition) is 5. The van der Waals surface area contributed by atoms with Gasteiger partial charge in [0.1, 0.15) is 5.52 Å². The van der Waals surface area contributed by atoms with Gasteiger partial charge in [0, 0.05) is 31.1 Å². The van der Waals surface area contributed by atoms with Crippen molar-refractivity contribution in [3.63, 3.8) is 0 Å². The van der Waals surface area contributed by atoms with Crippen molar-refractivity contribution in [1.82, 2.24) is 15.6 Å². The number of carbonyl (C=O) groups is 1. The van der Waals surface area contributed by atoms with E-state index < -0.39 is 17.5 Å². The summed E-state index contributed by atoms with van der Waals surface area (Å²) < 4.78 is 39.3. The number of anilines is 1. The van der Waals surface area contributed by atoms with Gasteiger partial charge in [-0.05, 0) is 31.7 Å². The second kappa shape index (κ2) is 7.32. The monoisotopic (exact) mass is 440 g/mol. The standard InChI is InChI=1S/C20H23ClF2N4O3/c21-12-8-13-17(30-14(25-13)9-24-11-2-1-7-29-10-11)15-16(12)26-18(28)27-19(15)3-5-20(22,23)6-4-19/h8,11,24H,1-7,9-10H2,(H2,26,27,28)/t11-/m0/s1. The van der Waals surface area contributed by atoms with Gasteiger partial charge in [0.15, 0.2) is 5.58 Å². The number of nitrogens with zero attached hydrogens (tertiary/aromatic N) is 1. The molecule has 30 heavy (non-hydrogen) atoms. The topological polar surface area (TPSA) is 88.4 Å². The van der Waals surface area contributed by atoms with Crippen LogP contribution in [-0.2, 0) is 16.8 Å². The molecule has 0 unspecified atom stereocenters. The lowest BCUT2D eigenvalue weighted by Gasteiger charge is -2.44. The van der Waals surface area contributed by atoms with Crippen LogP contribution in [0.2, 0.25) is 5.02 Å². The third-order valence-corrected chi connectivity index (χ3v) is 6.58. The average Bonchev–Trinajstić information content (AvgIpc) is 3.12. The molecule has 10 heteroatoms. The normalized spacial score (nSPS) is 25.0. The van der Waals surface area contributed by atoms with E-state index in [0.717, 1.165) is 19.4 Å². The zero-order valence-electron chi connectivity index (χ0n) is 16.3. The Labute approximate surface area is 176 Å². The fourth-order valence-electron chi connectivity index (χ4n) is 4.71. The highest BCUT2D eigenvalue weighted by molar-refractivity contribution is 6.35. The summed E-state index contributed by atoms with van der Waals surface area (Å²) in [6.07, 6.45) is 1.60. The van der Waals surface area contributed by atoms with Crippen LogP contribution in [-0.4, -0.2) is 36.2 Å². The number of nitrogens with one attached hydrogen (secondary N) is 3. The average molecular weight is 441 g/mol. The number of halogens is 3. The summed E-state index contributed by atoms with van der Waals surface area (Å²) in [7, 11) is 0. The van der Waals surface area contributed by atoms with Gasteiger partial charge in [0.25, 0.3) is 0 Å². The molecule has 3 N–H and O–H groups in total. The van der Waals surface area contributed by atoms with Crippen LogP contribution < -0.4 is 16.0 Å². The van der Waals surface area contributed by atoms with Crippen LogP contribution in [0.25, 0.3) is 11.1 Å². The Morgan fingerprint density at radius 1 is 1.30 bits per heavy atom. The Morgan fingerprint density at radius 3 is 2.83 bits per heavy atom. The highest BCUT2D eigenvalue weighted by atomic mass is 35.5. The SMILES string of the molecule is O=C1Nc2c(Cl)cc3nc(CN[C@H]4CCCOC4)oc3c2C2(CCC(F)(F)CC2)N1. The minimum absolute atomic E-state index is 0.101. The third kappa shape index (κ3) is 3.52. The van der Waals surface area contributed by atoms with Gasteiger partial charge in [-0.2, -0.15) is 0 Å². The Bertz CT molecular complexity index is 980. The summed E-state index contributed by atoms with van der Waals surface area (Å²) in [6, 6.07) is 1.43. The summed E-state index contributed by atoms with van der Waals surface area (Å²) in [5, 5.41) is 9.29. The first kappa shape index (κ1) is 20.0. The lowest BCUT2D eigenvalue weighted by Crippen LogP contribution is -2.54. The van der Waals surface area contributed by atoms with E-state index in [0.29, 0.717) is 46.4 Å². The van der Waals surface area contributed by atoms with Crippen molar-refractivity contribution in [2.75, 3.05) is 18.5 Å². The summed E-state index contributed by atoms with van der Waals surface area (Å²) in [5.41, 5.74) is 1.09. The number of fused-ring (bicyclic) bond motifs is 4. The molecule has 1 saturated carbocycles. The van der Waals surface area contributed by atoms with Crippen LogP contribution >= 0.6 is 11.6 Å². The number of ether oxygens (including phenoxy) is 1. The number of amides is 2. The number of rotatable bonds is 3. The van der Waals surface area contributed by atoms with Gasteiger partial charge in [0.05, 0.1) is 29.4 Å². The largest absolute Gasteiger partial charge is 0.439 e. The van der Waals surface area contributed by atoms with Gasteiger partial charge in [-0.15, -0.1) is 0 Å². The molecule has 1 aromatic carbocycles. The van der Waals surface area contributed by atoms with E-state index in [9.17, 15) is 13.6 Å². The Hall–Kier alpha value is -1.97. The van der Waals surface area contributed by atoms with E-state index in [2.05, 4.69) is 20.9 Å². The van der Waals surface area contributed by atoms with Crippen LogP contribution in [0.5, 0.6) is 0 Å². The number of oxazole rings is 1. The van der Waals surface area contributed by atoms with Gasteiger partial charge in [-0.25, -0.2) is 18.6 Å². The quantitative estimate of drug-likeness (QED) is 0.662. The number of hydrogen-bond donors (Lipinski definition) is 3. The number of urea groups is 1. The molecule has 1 aliphatic carbocycles. The number of aromatic nitrogens is 1. The highest BCUT2D eigenvalue weighted by Gasteiger charge is 2.50. The maximum Gasteiger partial charge on any atom is 0.319 e. The molecule has 0 bridgehead atoms. The summed E-state index contributed by atoms with van der Waals surface area (Å²) >= 11 is 6.45. The van der Waals surface area contributed by atoms with Gasteiger partial charge in [-0.1, -0.05) is 11.6 Å². The first-order valence-corrected chi connectivity index (χ1v) is 10.6. The molecule has 162 valence electrons. The molecule has 5 rings (SSSR count). The van der Waals surface area contributed by atoms with E-state index in [1.165, 1.54) is 0 Å². The van der Waals surface area contributed by atoms with Crippen molar-refractivity contribution in [2.45, 2.75) is 62.6 Å². The fourth-order valence-corrected chi connectivity index (χ4v) is 4.96. The molecule has 7 nitrogen and oxygen atoms in total. The van der Waals surface area contributed by atoms with Crippen LogP contribution in [0.4, 0.5) is 19.3 Å². The van der Waals surface area contributed by atoms with Crippen molar-refractivity contribution >= 4 is 34.4 Å². The van der Waals surface area contributed by atoms with Crippen LogP contribution in [0.3, 0.4) is 0 Å². The second-order valence-corrected chi connectivity index (χ2v) is 8.78. The van der Waals surface area contributed by atoms with Crippen molar-refractivity contribution < 1.29 is 22.7 Å². The molecular formula is C20H23ClF2N4O3. The molecule has 1 spiro atoms. The Kier molecular flexibility index (Phi) is 4.87. The maximum absolute atomic E-state index is 13.9. The molecule has 2 aromatic rings.